The Balaban J connectivity index is 4.55. The van der Waals surface area contributed by atoms with Crippen LogP contribution in [0.5, 0.6) is 0 Å². The molecule has 3 unspecified atom stereocenters. The van der Waals surface area contributed by atoms with E-state index in [0.29, 0.717) is 41.8 Å². The number of alkyl halides is 6. The molecule has 0 aromatic rings. The first-order chi connectivity index (χ1) is 7.86. The van der Waals surface area contributed by atoms with Crippen LogP contribution >= 0.6 is 69.6 Å². The monoisotopic (exact) mass is 362 g/mol. The summed E-state index contributed by atoms with van der Waals surface area (Å²) in [5.74, 6) is 1.20. The zero-order chi connectivity index (χ0) is 13.5. The summed E-state index contributed by atoms with van der Waals surface area (Å²) in [4.78, 5) is 0. The lowest BCUT2D eigenvalue weighted by Gasteiger charge is -2.38. The van der Waals surface area contributed by atoms with Crippen molar-refractivity contribution in [3.63, 3.8) is 0 Å². The Kier molecular flexibility index (Phi) is 10.5. The lowest BCUT2D eigenvalue weighted by Crippen LogP contribution is -2.54. The van der Waals surface area contributed by atoms with Crippen LogP contribution in [0, 0.1) is 0 Å². The van der Waals surface area contributed by atoms with Crippen LogP contribution in [0.3, 0.4) is 0 Å². The Hall–Kier alpha value is 1.70. The van der Waals surface area contributed by atoms with Crippen LogP contribution in [0.15, 0.2) is 0 Å². The fourth-order valence-corrected chi connectivity index (χ4v) is 3.10. The molecule has 0 aliphatic heterocycles. The van der Waals surface area contributed by atoms with Crippen LogP contribution in [-0.2, 0) is 0 Å². The average molecular weight is 365 g/mol. The van der Waals surface area contributed by atoms with Crippen molar-refractivity contribution in [1.82, 2.24) is 0 Å². The van der Waals surface area contributed by atoms with Crippen molar-refractivity contribution in [3.05, 3.63) is 0 Å². The van der Waals surface area contributed by atoms with E-state index in [1.165, 1.54) is 0 Å². The van der Waals surface area contributed by atoms with E-state index in [-0.39, 0.29) is 16.1 Å². The number of rotatable bonds is 9. The van der Waals surface area contributed by atoms with Gasteiger partial charge >= 0.3 is 0 Å². The third-order valence-electron chi connectivity index (χ3n) is 2.42. The largest absolute Gasteiger partial charge is 0.322 e. The van der Waals surface area contributed by atoms with Gasteiger partial charge in [0.2, 0.25) is 0 Å². The van der Waals surface area contributed by atoms with Gasteiger partial charge in [-0.05, 0) is 0 Å². The number of hydrogen-bond donors (Lipinski definition) is 0. The van der Waals surface area contributed by atoms with E-state index in [1.807, 2.05) is 7.05 Å². The molecule has 0 N–H and O–H groups in total. The molecular formula is C10H18Cl6N+. The fraction of sp³-hybridized carbons (Fsp3) is 1.00. The minimum atomic E-state index is -0.111. The highest BCUT2D eigenvalue weighted by Crippen LogP contribution is 2.17. The second-order valence-corrected chi connectivity index (χ2v) is 7.20. The number of hydrogen-bond acceptors (Lipinski definition) is 0. The summed E-state index contributed by atoms with van der Waals surface area (Å²) in [7, 11) is 2.05. The molecule has 0 spiro atoms. The molecule has 0 rings (SSSR count). The molecule has 0 amide bonds. The Morgan fingerprint density at radius 1 is 0.706 bits per heavy atom. The van der Waals surface area contributed by atoms with Gasteiger partial charge in [0.25, 0.3) is 0 Å². The van der Waals surface area contributed by atoms with E-state index in [2.05, 4.69) is 0 Å². The molecule has 3 atom stereocenters. The van der Waals surface area contributed by atoms with Gasteiger partial charge in [0, 0.05) is 17.6 Å². The van der Waals surface area contributed by atoms with E-state index >= 15 is 0 Å². The standard InChI is InChI=1S/C10H18Cl6N/c1-17(5-8(14)2-11,6-9(15)3-12)7-10(16)4-13/h8-10H,2-7H2,1H3/q+1. The molecule has 0 heterocycles. The maximum Gasteiger partial charge on any atom is 0.0963 e. The molecule has 0 radical (unpaired) electrons. The topological polar surface area (TPSA) is 0 Å². The van der Waals surface area contributed by atoms with Gasteiger partial charge in [0.1, 0.15) is 0 Å². The molecule has 0 saturated carbocycles. The van der Waals surface area contributed by atoms with Crippen molar-refractivity contribution in [2.45, 2.75) is 16.1 Å². The number of halogens is 6. The normalized spacial score (nSPS) is 20.6. The maximum atomic E-state index is 6.10. The lowest BCUT2D eigenvalue weighted by molar-refractivity contribution is -0.908. The van der Waals surface area contributed by atoms with Gasteiger partial charge in [-0.1, -0.05) is 0 Å². The molecule has 0 aromatic heterocycles. The van der Waals surface area contributed by atoms with Crippen molar-refractivity contribution >= 4 is 69.6 Å². The highest BCUT2D eigenvalue weighted by molar-refractivity contribution is 6.29. The highest BCUT2D eigenvalue weighted by Gasteiger charge is 2.30. The first-order valence-corrected chi connectivity index (χ1v) is 8.21. The third-order valence-corrected chi connectivity index (χ3v) is 4.89. The van der Waals surface area contributed by atoms with Crippen LogP contribution in [0.1, 0.15) is 0 Å². The number of quaternary nitrogens is 1. The smallest absolute Gasteiger partial charge is 0.0963 e. The molecule has 0 fully saturated rings. The SMILES string of the molecule is C[N+](CC(Cl)CCl)(CC(Cl)CCl)CC(Cl)CCl. The fourth-order valence-electron chi connectivity index (χ4n) is 1.80. The maximum absolute atomic E-state index is 6.10. The summed E-state index contributed by atoms with van der Waals surface area (Å²) in [6.07, 6.45) is 0. The Morgan fingerprint density at radius 3 is 1.12 bits per heavy atom. The summed E-state index contributed by atoms with van der Waals surface area (Å²) in [5, 5.41) is -0.333. The molecule has 0 aliphatic rings. The Morgan fingerprint density at radius 2 is 0.941 bits per heavy atom. The molecule has 0 saturated heterocycles. The van der Waals surface area contributed by atoms with Gasteiger partial charge < -0.3 is 4.48 Å². The molecule has 0 aromatic carbocycles. The van der Waals surface area contributed by atoms with Gasteiger partial charge in [-0.15, -0.1) is 69.6 Å². The average Bonchev–Trinajstić information content (AvgIpc) is 2.27. The second kappa shape index (κ2) is 9.58. The van der Waals surface area contributed by atoms with Gasteiger partial charge in [-0.2, -0.15) is 0 Å². The summed E-state index contributed by atoms with van der Waals surface area (Å²) < 4.78 is 0.628. The van der Waals surface area contributed by atoms with Crippen LogP contribution in [0.2, 0.25) is 0 Å². The molecule has 1 nitrogen and oxygen atoms in total. The molecule has 7 heteroatoms. The van der Waals surface area contributed by atoms with Gasteiger partial charge in [0.15, 0.2) is 0 Å². The minimum absolute atomic E-state index is 0.111. The van der Waals surface area contributed by atoms with E-state index in [0.717, 1.165) is 0 Å². The summed E-state index contributed by atoms with van der Waals surface area (Å²) in [5.41, 5.74) is 0. The van der Waals surface area contributed by atoms with Gasteiger partial charge in [0.05, 0.1) is 42.8 Å². The zero-order valence-electron chi connectivity index (χ0n) is 9.69. The van der Waals surface area contributed by atoms with Crippen LogP contribution in [-0.4, -0.2) is 64.9 Å². The predicted octanol–water partition coefficient (Wildman–Crippen LogP) is 3.97. The molecule has 17 heavy (non-hydrogen) atoms. The third kappa shape index (κ3) is 8.47. The van der Waals surface area contributed by atoms with Crippen molar-refractivity contribution in [3.8, 4) is 0 Å². The van der Waals surface area contributed by atoms with Crippen molar-refractivity contribution in [1.29, 1.82) is 0 Å². The van der Waals surface area contributed by atoms with Crippen molar-refractivity contribution < 1.29 is 4.48 Å². The summed E-state index contributed by atoms with van der Waals surface area (Å²) in [6, 6.07) is 0. The zero-order valence-corrected chi connectivity index (χ0v) is 14.2. The van der Waals surface area contributed by atoms with E-state index < -0.39 is 0 Å². The Bertz CT molecular complexity index is 172. The van der Waals surface area contributed by atoms with Crippen molar-refractivity contribution in [2.75, 3.05) is 44.3 Å². The van der Waals surface area contributed by atoms with E-state index in [9.17, 15) is 0 Å². The summed E-state index contributed by atoms with van der Waals surface area (Å²) in [6.45, 7) is 2.10. The Labute approximate surface area is 134 Å². The van der Waals surface area contributed by atoms with Gasteiger partial charge in [-0.3, -0.25) is 0 Å². The molecular weight excluding hydrogens is 347 g/mol. The van der Waals surface area contributed by atoms with E-state index in [4.69, 9.17) is 69.6 Å². The van der Waals surface area contributed by atoms with Crippen molar-refractivity contribution in [2.24, 2.45) is 0 Å². The van der Waals surface area contributed by atoms with E-state index in [1.54, 1.807) is 0 Å². The van der Waals surface area contributed by atoms with Gasteiger partial charge in [-0.25, -0.2) is 0 Å². The molecule has 104 valence electrons. The minimum Gasteiger partial charge on any atom is -0.322 e. The second-order valence-electron chi connectivity index (χ2n) is 4.42. The quantitative estimate of drug-likeness (QED) is 0.429. The van der Waals surface area contributed by atoms with Crippen LogP contribution in [0.4, 0.5) is 0 Å². The predicted molar refractivity (Wildman–Crippen MR) is 81.9 cm³/mol. The molecule has 0 aliphatic carbocycles. The van der Waals surface area contributed by atoms with Crippen LogP contribution in [0.25, 0.3) is 0 Å². The summed E-state index contributed by atoms with van der Waals surface area (Å²) >= 11 is 35.5. The highest BCUT2D eigenvalue weighted by atomic mass is 35.5. The number of nitrogens with zero attached hydrogens (tertiary/aromatic N) is 1. The van der Waals surface area contributed by atoms with Crippen LogP contribution < -0.4 is 0 Å². The first kappa shape index (κ1) is 18.7. The first-order valence-electron chi connectivity index (χ1n) is 5.30. The lowest BCUT2D eigenvalue weighted by atomic mass is 10.2. The molecule has 0 bridgehead atoms.